The van der Waals surface area contributed by atoms with Crippen molar-refractivity contribution in [2.24, 2.45) is 0 Å². The highest BCUT2D eigenvalue weighted by atomic mass is 16.5. The first kappa shape index (κ1) is 34.7. The number of aromatic nitrogens is 4. The minimum Gasteiger partial charge on any atom is -0.493 e. The molecule has 0 amide bonds. The van der Waals surface area contributed by atoms with Crippen LogP contribution in [0.3, 0.4) is 0 Å². The van der Waals surface area contributed by atoms with Crippen molar-refractivity contribution in [1.82, 2.24) is 19.9 Å². The minimum absolute atomic E-state index is 0.154. The molecule has 48 heavy (non-hydrogen) atoms. The summed E-state index contributed by atoms with van der Waals surface area (Å²) in [7, 11) is 9.45. The van der Waals surface area contributed by atoms with E-state index in [9.17, 15) is 0 Å². The number of aryl methyl sites for hydroxylation is 1. The first-order chi connectivity index (χ1) is 23.1. The van der Waals surface area contributed by atoms with E-state index < -0.39 is 0 Å². The van der Waals surface area contributed by atoms with Gasteiger partial charge in [0, 0.05) is 47.9 Å². The molecule has 0 saturated heterocycles. The molecule has 0 aliphatic carbocycles. The van der Waals surface area contributed by atoms with Gasteiger partial charge in [0.05, 0.1) is 48.2 Å². The highest BCUT2D eigenvalue weighted by Crippen LogP contribution is 2.41. The highest BCUT2D eigenvalue weighted by molar-refractivity contribution is 5.92. The van der Waals surface area contributed by atoms with Crippen LogP contribution in [0.25, 0.3) is 10.9 Å². The number of nitrogens with one attached hydrogen (secondary N) is 1. The molecule has 0 spiro atoms. The topological polar surface area (TPSA) is 223 Å². The van der Waals surface area contributed by atoms with Crippen LogP contribution in [0.1, 0.15) is 22.3 Å². The van der Waals surface area contributed by atoms with Gasteiger partial charge in [-0.25, -0.2) is 9.97 Å². The van der Waals surface area contributed by atoms with E-state index in [1.54, 1.807) is 48.9 Å². The summed E-state index contributed by atoms with van der Waals surface area (Å²) in [6.45, 7) is 2.56. The number of fused-ring (bicyclic) bond motifs is 1. The maximum absolute atomic E-state index is 6.04. The zero-order valence-corrected chi connectivity index (χ0v) is 28.0. The summed E-state index contributed by atoms with van der Waals surface area (Å²) in [6.07, 6.45) is 2.14. The predicted octanol–water partition coefficient (Wildman–Crippen LogP) is 4.00. The average Bonchev–Trinajstić information content (AvgIpc) is 3.08. The molecule has 0 fully saturated rings. The number of nitrogens with two attached hydrogens (primary N) is 4. The molecule has 0 radical (unpaired) electrons. The normalized spacial score (nSPS) is 10.5. The van der Waals surface area contributed by atoms with Crippen LogP contribution in [0.2, 0.25) is 0 Å². The Balaban J connectivity index is 0.000000224. The lowest BCUT2D eigenvalue weighted by molar-refractivity contribution is 0.324. The van der Waals surface area contributed by atoms with Crippen LogP contribution < -0.4 is 56.7 Å². The Hall–Kier alpha value is -6.12. The van der Waals surface area contributed by atoms with Crippen LogP contribution in [0.4, 0.5) is 29.2 Å². The van der Waals surface area contributed by atoms with Gasteiger partial charge in [0.15, 0.2) is 23.0 Å². The second kappa shape index (κ2) is 15.4. The van der Waals surface area contributed by atoms with Crippen LogP contribution in [-0.4, -0.2) is 62.6 Å². The van der Waals surface area contributed by atoms with Crippen LogP contribution in [0, 0.1) is 6.92 Å². The van der Waals surface area contributed by atoms with E-state index in [2.05, 4.69) is 25.3 Å². The van der Waals surface area contributed by atoms with E-state index in [4.69, 9.17) is 51.4 Å². The van der Waals surface area contributed by atoms with Gasteiger partial charge in [0.25, 0.3) is 0 Å². The lowest BCUT2D eigenvalue weighted by atomic mass is 10.0. The molecular weight excluding hydrogens is 618 g/mol. The maximum Gasteiger partial charge on any atom is 0.222 e. The van der Waals surface area contributed by atoms with E-state index >= 15 is 0 Å². The van der Waals surface area contributed by atoms with Gasteiger partial charge in [-0.15, -0.1) is 0 Å². The molecule has 0 aliphatic heterocycles. The van der Waals surface area contributed by atoms with Gasteiger partial charge in [-0.2, -0.15) is 9.97 Å². The summed E-state index contributed by atoms with van der Waals surface area (Å²) in [5.74, 6) is 4.50. The fourth-order valence-electron chi connectivity index (χ4n) is 5.08. The number of benzene rings is 3. The zero-order chi connectivity index (χ0) is 35.0. The fraction of sp³-hybridized carbons (Fsp3) is 0.273. The molecule has 9 N–H and O–H groups in total. The third-order valence-electron chi connectivity index (χ3n) is 7.46. The number of methoxy groups -OCH3 is 6. The van der Waals surface area contributed by atoms with Crippen molar-refractivity contribution in [1.29, 1.82) is 0 Å². The van der Waals surface area contributed by atoms with Crippen molar-refractivity contribution < 1.29 is 28.4 Å². The molecule has 15 nitrogen and oxygen atoms in total. The molecular formula is C33H41N9O6. The number of nitrogen functional groups attached to an aromatic ring is 4. The van der Waals surface area contributed by atoms with Crippen molar-refractivity contribution in [2.45, 2.75) is 19.9 Å². The molecule has 5 aromatic rings. The fourth-order valence-corrected chi connectivity index (χ4v) is 5.08. The average molecular weight is 660 g/mol. The van der Waals surface area contributed by atoms with E-state index in [1.807, 2.05) is 43.3 Å². The smallest absolute Gasteiger partial charge is 0.222 e. The first-order valence-corrected chi connectivity index (χ1v) is 14.6. The highest BCUT2D eigenvalue weighted by Gasteiger charge is 2.16. The molecule has 0 atom stereocenters. The molecule has 0 saturated carbocycles. The minimum atomic E-state index is 0.154. The summed E-state index contributed by atoms with van der Waals surface area (Å²) in [4.78, 5) is 16.2. The third-order valence-corrected chi connectivity index (χ3v) is 7.46. The van der Waals surface area contributed by atoms with Gasteiger partial charge in [0.1, 0.15) is 11.6 Å². The second-order valence-electron chi connectivity index (χ2n) is 10.3. The Morgan fingerprint density at radius 2 is 1.17 bits per heavy atom. The lowest BCUT2D eigenvalue weighted by Crippen LogP contribution is -2.06. The first-order valence-electron chi connectivity index (χ1n) is 14.6. The molecule has 2 aromatic heterocycles. The number of anilines is 5. The van der Waals surface area contributed by atoms with Gasteiger partial charge in [-0.1, -0.05) is 6.07 Å². The third kappa shape index (κ3) is 7.63. The van der Waals surface area contributed by atoms with Crippen molar-refractivity contribution in [3.8, 4) is 34.5 Å². The summed E-state index contributed by atoms with van der Waals surface area (Å²) in [5, 5.41) is 4.19. The quantitative estimate of drug-likeness (QED) is 0.135. The lowest BCUT2D eigenvalue weighted by Gasteiger charge is -2.16. The number of ether oxygens (including phenoxy) is 6. The number of rotatable bonds is 11. The van der Waals surface area contributed by atoms with E-state index in [0.29, 0.717) is 59.1 Å². The van der Waals surface area contributed by atoms with Crippen molar-refractivity contribution in [3.63, 3.8) is 0 Å². The zero-order valence-electron chi connectivity index (χ0n) is 28.0. The van der Waals surface area contributed by atoms with Gasteiger partial charge in [-0.05, 0) is 41.8 Å². The SMILES string of the molecule is COc1cc(Cc2cnc(N)nc2N)cc(OC)c1OC.COc1cc(NCc2ccc3nc(N)nc(N)c3c2C)cc(OC)c1OC. The number of hydrogen-bond donors (Lipinski definition) is 5. The van der Waals surface area contributed by atoms with Gasteiger partial charge in [0.2, 0.25) is 23.4 Å². The molecule has 2 heterocycles. The Bertz CT molecular complexity index is 1850. The predicted molar refractivity (Wildman–Crippen MR) is 186 cm³/mol. The summed E-state index contributed by atoms with van der Waals surface area (Å²) in [5.41, 5.74) is 28.4. The molecule has 0 aliphatic rings. The number of nitrogens with zero attached hydrogens (tertiary/aromatic N) is 4. The molecule has 3 aromatic carbocycles. The summed E-state index contributed by atoms with van der Waals surface area (Å²) >= 11 is 0. The van der Waals surface area contributed by atoms with Gasteiger partial charge >= 0.3 is 0 Å². The van der Waals surface area contributed by atoms with Crippen LogP contribution in [0.5, 0.6) is 34.5 Å². The van der Waals surface area contributed by atoms with Crippen LogP contribution in [0.15, 0.2) is 42.6 Å². The summed E-state index contributed by atoms with van der Waals surface area (Å²) < 4.78 is 32.1. The number of hydrogen-bond acceptors (Lipinski definition) is 15. The van der Waals surface area contributed by atoms with E-state index in [-0.39, 0.29) is 11.9 Å². The Morgan fingerprint density at radius 3 is 1.69 bits per heavy atom. The Kier molecular flexibility index (Phi) is 11.2. The van der Waals surface area contributed by atoms with Gasteiger partial charge in [-0.3, -0.25) is 0 Å². The largest absolute Gasteiger partial charge is 0.493 e. The van der Waals surface area contributed by atoms with Gasteiger partial charge < -0.3 is 56.7 Å². The van der Waals surface area contributed by atoms with E-state index in [1.165, 1.54) is 0 Å². The molecule has 0 bridgehead atoms. The Labute approximate surface area is 278 Å². The van der Waals surface area contributed by atoms with Crippen LogP contribution >= 0.6 is 0 Å². The molecule has 0 unspecified atom stereocenters. The maximum atomic E-state index is 6.04. The standard InChI is InChI=1S/C19H23N5O3.C14H18N4O3/c1-10-11(5-6-13-16(10)18(20)24-19(21)23-13)9-22-12-7-14(25-2)17(27-4)15(8-12)26-3;1-19-10-5-8(6-11(20-2)12(10)21-3)4-9-7-17-14(16)18-13(9)15/h5-8,22H,9H2,1-4H3,(H4,20,21,23,24);5-7H,4H2,1-3H3,(H4,15,16,17,18). The monoisotopic (exact) mass is 659 g/mol. The second-order valence-corrected chi connectivity index (χ2v) is 10.3. The van der Waals surface area contributed by atoms with Crippen molar-refractivity contribution in [3.05, 3.63) is 64.8 Å². The Morgan fingerprint density at radius 1 is 0.625 bits per heavy atom. The molecule has 5 rings (SSSR count). The van der Waals surface area contributed by atoms with Crippen LogP contribution in [-0.2, 0) is 13.0 Å². The summed E-state index contributed by atoms with van der Waals surface area (Å²) in [6, 6.07) is 11.3. The van der Waals surface area contributed by atoms with E-state index in [0.717, 1.165) is 38.8 Å². The molecule has 254 valence electrons. The van der Waals surface area contributed by atoms with Crippen molar-refractivity contribution in [2.75, 3.05) is 70.9 Å². The molecule has 15 heteroatoms. The van der Waals surface area contributed by atoms with Crippen molar-refractivity contribution >= 4 is 40.1 Å².